The first-order valence-electron chi connectivity index (χ1n) is 16.4. The van der Waals surface area contributed by atoms with Crippen molar-refractivity contribution in [1.82, 2.24) is 15.1 Å². The number of fused-ring (bicyclic) bond motifs is 2. The summed E-state index contributed by atoms with van der Waals surface area (Å²) < 4.78 is 20.1. The van der Waals surface area contributed by atoms with E-state index < -0.39 is 5.91 Å². The maximum absolute atomic E-state index is 14.4. The molecule has 0 radical (unpaired) electrons. The lowest BCUT2D eigenvalue weighted by Crippen LogP contribution is -2.62. The molecule has 48 heavy (non-hydrogen) atoms. The first-order chi connectivity index (χ1) is 23.1. The Morgan fingerprint density at radius 1 is 1.06 bits per heavy atom. The molecule has 3 N–H and O–H groups in total. The number of nitrogens with two attached hydrogens (primary N) is 1. The highest BCUT2D eigenvalue weighted by atomic mass is 79.9. The molecular weight excluding hydrogens is 699 g/mol. The molecule has 11 heteroatoms. The Morgan fingerprint density at radius 3 is 2.56 bits per heavy atom. The van der Waals surface area contributed by atoms with Crippen molar-refractivity contribution in [3.63, 3.8) is 0 Å². The summed E-state index contributed by atoms with van der Waals surface area (Å²) in [7, 11) is 0. The van der Waals surface area contributed by atoms with Crippen LogP contribution in [0.5, 0.6) is 5.75 Å². The third kappa shape index (κ3) is 9.03. The molecule has 0 aliphatic carbocycles. The van der Waals surface area contributed by atoms with Gasteiger partial charge in [0.05, 0.1) is 17.1 Å². The van der Waals surface area contributed by atoms with Crippen LogP contribution in [0, 0.1) is 5.82 Å². The average Bonchev–Trinajstić information content (AvgIpc) is 3.07. The van der Waals surface area contributed by atoms with E-state index in [1.807, 2.05) is 36.1 Å². The van der Waals surface area contributed by atoms with Gasteiger partial charge in [-0.3, -0.25) is 14.4 Å². The van der Waals surface area contributed by atoms with Crippen LogP contribution >= 0.6 is 27.5 Å². The second kappa shape index (κ2) is 16.6. The van der Waals surface area contributed by atoms with Gasteiger partial charge in [0.1, 0.15) is 11.6 Å². The average molecular weight is 740 g/mol. The minimum atomic E-state index is -0.421. The van der Waals surface area contributed by atoms with E-state index in [0.29, 0.717) is 66.4 Å². The molecule has 0 unspecified atom stereocenters. The Labute approximate surface area is 294 Å². The lowest BCUT2D eigenvalue weighted by atomic mass is 9.82. The van der Waals surface area contributed by atoms with Crippen LogP contribution in [0.2, 0.25) is 5.02 Å². The van der Waals surface area contributed by atoms with E-state index in [9.17, 15) is 18.8 Å². The van der Waals surface area contributed by atoms with Crippen LogP contribution in [0.4, 0.5) is 4.39 Å². The normalized spacial score (nSPS) is 17.3. The summed E-state index contributed by atoms with van der Waals surface area (Å²) in [5.74, 6) is -0.410. The lowest BCUT2D eigenvalue weighted by molar-refractivity contribution is -0.134. The van der Waals surface area contributed by atoms with Gasteiger partial charge in [-0.15, -0.1) is 0 Å². The van der Waals surface area contributed by atoms with Gasteiger partial charge in [0.2, 0.25) is 11.8 Å². The van der Waals surface area contributed by atoms with Gasteiger partial charge in [-0.2, -0.15) is 0 Å². The number of nitrogens with zero attached hydrogens (tertiary/aromatic N) is 2. The molecule has 8 nitrogen and oxygen atoms in total. The van der Waals surface area contributed by atoms with Gasteiger partial charge < -0.3 is 25.6 Å². The highest BCUT2D eigenvalue weighted by Crippen LogP contribution is 2.35. The number of aryl methyl sites for hydroxylation is 1. The summed E-state index contributed by atoms with van der Waals surface area (Å²) >= 11 is 9.88. The Bertz CT molecular complexity index is 1670. The number of piperazine rings is 1. The van der Waals surface area contributed by atoms with Gasteiger partial charge in [0.25, 0.3) is 5.91 Å². The van der Waals surface area contributed by atoms with Crippen LogP contribution in [-0.2, 0) is 27.3 Å². The predicted molar refractivity (Wildman–Crippen MR) is 189 cm³/mol. The number of carbonyl (C=O) groups is 3. The Kier molecular flexibility index (Phi) is 12.3. The molecular formula is C37H41BrClFN4O4. The zero-order valence-corrected chi connectivity index (χ0v) is 29.4. The molecule has 5 rings (SSSR count). The lowest BCUT2D eigenvalue weighted by Gasteiger charge is -2.45. The highest BCUT2D eigenvalue weighted by Gasteiger charge is 2.40. The molecule has 2 bridgehead atoms. The van der Waals surface area contributed by atoms with Crippen molar-refractivity contribution in [1.29, 1.82) is 0 Å². The van der Waals surface area contributed by atoms with Crippen LogP contribution < -0.4 is 15.8 Å². The maximum Gasteiger partial charge on any atom is 0.252 e. The Hall–Kier alpha value is -3.73. The summed E-state index contributed by atoms with van der Waals surface area (Å²) in [5, 5.41) is 4.23. The smallest absolute Gasteiger partial charge is 0.252 e. The molecule has 0 spiro atoms. The van der Waals surface area contributed by atoms with Gasteiger partial charge in [-0.1, -0.05) is 54.1 Å². The van der Waals surface area contributed by atoms with E-state index in [4.69, 9.17) is 22.1 Å². The number of carbonyl (C=O) groups excluding carboxylic acids is 3. The fourth-order valence-corrected chi connectivity index (χ4v) is 6.95. The number of primary amides is 1. The standard InChI is InChI=1S/C37H41BrClFN4O4/c1-2-43(21-26-8-3-4-9-31(26)39)37(47)36-29(20-28-22-44(23-32(36)42-28)35(46)11-5-10-34(41)45)25-14-12-24(13-15-25)7-6-18-48-33-19-27(40)16-17-30(33)38/h3-4,8-9,12-17,19,28,32,42H,2,5-7,10-11,18,20-23H2,1H3,(H2,41,45)/t28-,32-/m1/s1. The van der Waals surface area contributed by atoms with Crippen molar-refractivity contribution in [2.75, 3.05) is 26.2 Å². The molecule has 1 fully saturated rings. The third-order valence-electron chi connectivity index (χ3n) is 8.85. The molecule has 3 amide bonds. The molecule has 2 aliphatic heterocycles. The van der Waals surface area contributed by atoms with Crippen LogP contribution in [0.15, 0.2) is 76.8 Å². The van der Waals surface area contributed by atoms with E-state index in [1.165, 1.54) is 12.1 Å². The molecule has 1 saturated heterocycles. The predicted octanol–water partition coefficient (Wildman–Crippen LogP) is 6.28. The number of halogens is 3. The summed E-state index contributed by atoms with van der Waals surface area (Å²) in [4.78, 5) is 42.4. The summed E-state index contributed by atoms with van der Waals surface area (Å²) in [6.45, 7) is 4.13. The number of rotatable bonds is 14. The maximum atomic E-state index is 14.4. The Morgan fingerprint density at radius 2 is 1.83 bits per heavy atom. The topological polar surface area (TPSA) is 105 Å². The van der Waals surface area contributed by atoms with E-state index in [1.54, 1.807) is 11.0 Å². The molecule has 0 saturated carbocycles. The molecule has 254 valence electrons. The molecule has 3 aromatic rings. The van der Waals surface area contributed by atoms with Crippen molar-refractivity contribution < 1.29 is 23.5 Å². The molecule has 3 aromatic carbocycles. The monoisotopic (exact) mass is 738 g/mol. The second-order valence-corrected chi connectivity index (χ2v) is 13.5. The fraction of sp³-hybridized carbons (Fsp3) is 0.378. The van der Waals surface area contributed by atoms with E-state index in [-0.39, 0.29) is 42.6 Å². The fourth-order valence-electron chi connectivity index (χ4n) is 6.39. The van der Waals surface area contributed by atoms with Crippen LogP contribution in [-0.4, -0.2) is 65.8 Å². The molecule has 2 heterocycles. The number of benzene rings is 3. The van der Waals surface area contributed by atoms with E-state index in [0.717, 1.165) is 35.1 Å². The number of amides is 3. The minimum Gasteiger partial charge on any atom is -0.492 e. The zero-order valence-electron chi connectivity index (χ0n) is 27.0. The van der Waals surface area contributed by atoms with Gasteiger partial charge >= 0.3 is 0 Å². The highest BCUT2D eigenvalue weighted by molar-refractivity contribution is 9.10. The van der Waals surface area contributed by atoms with Crippen molar-refractivity contribution in [3.05, 3.63) is 104 Å². The molecule has 2 aliphatic rings. The minimum absolute atomic E-state index is 0.0204. The first-order valence-corrected chi connectivity index (χ1v) is 17.5. The first kappa shape index (κ1) is 35.6. The van der Waals surface area contributed by atoms with Gasteiger partial charge in [0, 0.05) is 61.7 Å². The summed E-state index contributed by atoms with van der Waals surface area (Å²) in [6, 6.07) is 19.8. The van der Waals surface area contributed by atoms with Crippen molar-refractivity contribution in [2.45, 2.75) is 64.1 Å². The number of likely N-dealkylation sites (N-methyl/N-ethyl adjacent to an activating group) is 1. The SMILES string of the molecule is CCN(Cc1ccccc1Cl)C(=O)C1=C(c2ccc(CCCOc3cc(F)ccc3Br)cc2)C[C@@H]2CN(C(=O)CCCC(N)=O)C[C@H]1N2. The largest absolute Gasteiger partial charge is 0.492 e. The van der Waals surface area contributed by atoms with E-state index >= 15 is 0 Å². The number of nitrogens with one attached hydrogen (secondary N) is 1. The molecule has 0 aromatic heterocycles. The van der Waals surface area contributed by atoms with Crippen molar-refractivity contribution >= 4 is 50.8 Å². The Balaban J connectivity index is 1.36. The quantitative estimate of drug-likeness (QED) is 0.190. The van der Waals surface area contributed by atoms with Gasteiger partial charge in [0.15, 0.2) is 0 Å². The molecule has 2 atom stereocenters. The van der Waals surface area contributed by atoms with Gasteiger partial charge in [-0.25, -0.2) is 4.39 Å². The summed E-state index contributed by atoms with van der Waals surface area (Å²) in [5.41, 5.74) is 9.91. The van der Waals surface area contributed by atoms with Gasteiger partial charge in [-0.05, 0) is 89.0 Å². The van der Waals surface area contributed by atoms with E-state index in [2.05, 4.69) is 45.5 Å². The van der Waals surface area contributed by atoms with Crippen molar-refractivity contribution in [2.24, 2.45) is 5.73 Å². The van der Waals surface area contributed by atoms with Crippen LogP contribution in [0.25, 0.3) is 5.57 Å². The number of hydrogen-bond acceptors (Lipinski definition) is 5. The number of hydrogen-bond donors (Lipinski definition) is 2. The van der Waals surface area contributed by atoms with Crippen LogP contribution in [0.3, 0.4) is 0 Å². The van der Waals surface area contributed by atoms with Crippen LogP contribution in [0.1, 0.15) is 55.7 Å². The summed E-state index contributed by atoms with van der Waals surface area (Å²) in [6.07, 6.45) is 2.92. The second-order valence-electron chi connectivity index (χ2n) is 12.3. The number of ether oxygens (including phenoxy) is 1. The third-order valence-corrected chi connectivity index (χ3v) is 9.88. The van der Waals surface area contributed by atoms with Crippen molar-refractivity contribution in [3.8, 4) is 5.75 Å². The zero-order chi connectivity index (χ0) is 34.2.